The summed E-state index contributed by atoms with van der Waals surface area (Å²) < 4.78 is 49.6. The molecule has 40 heavy (non-hydrogen) atoms. The van der Waals surface area contributed by atoms with Gasteiger partial charge in [-0.05, 0) is 56.3 Å². The van der Waals surface area contributed by atoms with E-state index >= 15 is 0 Å². The van der Waals surface area contributed by atoms with E-state index in [0.717, 1.165) is 30.6 Å². The van der Waals surface area contributed by atoms with E-state index in [4.69, 9.17) is 9.15 Å². The van der Waals surface area contributed by atoms with Crippen LogP contribution in [-0.4, -0.2) is 56.6 Å². The molecule has 0 unspecified atom stereocenters. The lowest BCUT2D eigenvalue weighted by Crippen LogP contribution is -2.19. The van der Waals surface area contributed by atoms with Crippen molar-refractivity contribution in [2.75, 3.05) is 13.6 Å². The van der Waals surface area contributed by atoms with E-state index in [1.54, 1.807) is 4.57 Å². The largest absolute Gasteiger partial charge is 0.441 e. The van der Waals surface area contributed by atoms with Gasteiger partial charge in [-0.3, -0.25) is 14.4 Å². The van der Waals surface area contributed by atoms with E-state index < -0.39 is 52.6 Å². The van der Waals surface area contributed by atoms with Crippen molar-refractivity contribution in [3.05, 3.63) is 70.7 Å². The van der Waals surface area contributed by atoms with Gasteiger partial charge in [-0.2, -0.15) is 13.5 Å². The maximum atomic E-state index is 12.8. The number of rotatable bonds is 11. The van der Waals surface area contributed by atoms with Crippen LogP contribution in [0.5, 0.6) is 0 Å². The van der Waals surface area contributed by atoms with E-state index in [1.165, 1.54) is 31.2 Å². The van der Waals surface area contributed by atoms with E-state index in [-0.39, 0.29) is 16.9 Å². The van der Waals surface area contributed by atoms with Gasteiger partial charge in [0.05, 0.1) is 17.5 Å². The molecule has 1 N–H and O–H groups in total. The summed E-state index contributed by atoms with van der Waals surface area (Å²) in [5.74, 6) is -2.78. The molecule has 3 aromatic rings. The molecule has 1 amide bonds. The highest BCUT2D eigenvalue weighted by atomic mass is 32.2. The normalized spacial score (nSPS) is 11.3. The fourth-order valence-corrected chi connectivity index (χ4v) is 4.03. The fourth-order valence-electron chi connectivity index (χ4n) is 3.31. The number of amides is 1. The number of hydrogen-bond donors (Lipinski definition) is 1. The van der Waals surface area contributed by atoms with Gasteiger partial charge in [0.1, 0.15) is 5.76 Å². The number of aromatic nitrogens is 1. The van der Waals surface area contributed by atoms with Crippen molar-refractivity contribution in [3.63, 3.8) is 0 Å². The number of esters is 3. The quantitative estimate of drug-likeness (QED) is 0.116. The maximum Gasteiger partial charge on any atom is 0.343 e. The number of ether oxygens (including phenoxy) is 3. The Morgan fingerprint density at radius 2 is 1.57 bits per heavy atom. The molecule has 212 valence electrons. The molecule has 0 atom stereocenters. The van der Waals surface area contributed by atoms with Crippen LogP contribution in [0.2, 0.25) is 0 Å². The van der Waals surface area contributed by atoms with Gasteiger partial charge in [-0.15, -0.1) is 0 Å². The van der Waals surface area contributed by atoms with Crippen molar-refractivity contribution in [3.8, 4) is 5.69 Å². The molecule has 0 aliphatic heterocycles. The second-order valence-corrected chi connectivity index (χ2v) is 9.60. The number of furan rings is 1. The number of nitrogens with zero attached hydrogens (tertiary/aromatic N) is 2. The minimum Gasteiger partial charge on any atom is -0.441 e. The van der Waals surface area contributed by atoms with Crippen LogP contribution in [0.1, 0.15) is 51.7 Å². The first kappa shape index (κ1) is 29.8. The number of benzene rings is 1. The van der Waals surface area contributed by atoms with Crippen LogP contribution in [0, 0.1) is 13.8 Å². The van der Waals surface area contributed by atoms with Crippen LogP contribution in [-0.2, 0) is 38.1 Å². The average molecular weight is 576 g/mol. The zero-order valence-electron chi connectivity index (χ0n) is 21.8. The van der Waals surface area contributed by atoms with Crippen molar-refractivity contribution in [1.82, 2.24) is 9.99 Å². The molecule has 0 spiro atoms. The molecule has 0 saturated heterocycles. The van der Waals surface area contributed by atoms with Crippen molar-refractivity contribution >= 4 is 40.1 Å². The lowest BCUT2D eigenvalue weighted by molar-refractivity contribution is -0.149. The number of aryl methyl sites for hydroxylation is 2. The summed E-state index contributed by atoms with van der Waals surface area (Å²) in [5.41, 5.74) is 4.45. The molecule has 0 aliphatic rings. The van der Waals surface area contributed by atoms with Gasteiger partial charge >= 0.3 is 28.0 Å². The highest BCUT2D eigenvalue weighted by Gasteiger charge is 2.21. The SMILES string of the molecule is CC(=O)OCOC(=O)c1ccc(C(=O)N/N=C/c2ccc(S(=O)(=O)OCOC(C)=O)o2)cc1-n1c(C)ccc1C. The Kier molecular flexibility index (Phi) is 9.58. The van der Waals surface area contributed by atoms with E-state index in [2.05, 4.69) is 24.2 Å². The van der Waals surface area contributed by atoms with Gasteiger partial charge in [0, 0.05) is 30.8 Å². The summed E-state index contributed by atoms with van der Waals surface area (Å²) in [6.07, 6.45) is 1.06. The number of carbonyl (C=O) groups excluding carboxylic acids is 4. The third kappa shape index (κ3) is 7.64. The number of nitrogens with one attached hydrogen (secondary N) is 1. The molecular formula is C25H25N3O11S. The van der Waals surface area contributed by atoms with E-state index in [9.17, 15) is 27.6 Å². The summed E-state index contributed by atoms with van der Waals surface area (Å²) in [4.78, 5) is 47.2. The van der Waals surface area contributed by atoms with Crippen LogP contribution < -0.4 is 5.43 Å². The standard InChI is InChI=1S/C25H25N3O11S/c1-15-5-6-16(2)28(15)22-11-19(7-9-21(22)25(32)37-13-35-17(3)29)24(31)27-26-12-20-8-10-23(39-20)40(33,34)38-14-36-18(4)30/h5-12H,13-14H2,1-4H3,(H,27,31)/b26-12+. The van der Waals surface area contributed by atoms with Crippen LogP contribution in [0.25, 0.3) is 5.69 Å². The van der Waals surface area contributed by atoms with Crippen LogP contribution >= 0.6 is 0 Å². The van der Waals surface area contributed by atoms with E-state index in [1.807, 2.05) is 26.0 Å². The van der Waals surface area contributed by atoms with Gasteiger partial charge in [0.25, 0.3) is 5.91 Å². The van der Waals surface area contributed by atoms with Gasteiger partial charge < -0.3 is 23.2 Å². The Morgan fingerprint density at radius 1 is 0.925 bits per heavy atom. The summed E-state index contributed by atoms with van der Waals surface area (Å²) >= 11 is 0. The monoisotopic (exact) mass is 575 g/mol. The smallest absolute Gasteiger partial charge is 0.343 e. The molecule has 0 radical (unpaired) electrons. The molecule has 14 nitrogen and oxygen atoms in total. The van der Waals surface area contributed by atoms with Gasteiger partial charge in [0.15, 0.2) is 0 Å². The minimum absolute atomic E-state index is 0.0277. The highest BCUT2D eigenvalue weighted by molar-refractivity contribution is 7.86. The number of hydrazone groups is 1. The second-order valence-electron chi connectivity index (χ2n) is 8.05. The maximum absolute atomic E-state index is 12.8. The fraction of sp³-hybridized carbons (Fsp3) is 0.240. The topological polar surface area (TPSA) is 182 Å². The Labute approximate surface area is 228 Å². The molecule has 15 heteroatoms. The predicted octanol–water partition coefficient (Wildman–Crippen LogP) is 2.35. The van der Waals surface area contributed by atoms with Gasteiger partial charge in [-0.25, -0.2) is 14.4 Å². The van der Waals surface area contributed by atoms with Crippen LogP contribution in [0.15, 0.2) is 57.1 Å². The zero-order chi connectivity index (χ0) is 29.4. The molecular weight excluding hydrogens is 550 g/mol. The Hall–Kier alpha value is -4.76. The Balaban J connectivity index is 1.76. The summed E-state index contributed by atoms with van der Waals surface area (Å²) in [7, 11) is -4.33. The molecule has 2 aromatic heterocycles. The second kappa shape index (κ2) is 12.9. The molecule has 1 aromatic carbocycles. The highest BCUT2D eigenvalue weighted by Crippen LogP contribution is 2.23. The first-order valence-electron chi connectivity index (χ1n) is 11.4. The number of carbonyl (C=O) groups is 4. The Bertz CT molecular complexity index is 1550. The summed E-state index contributed by atoms with van der Waals surface area (Å²) in [5, 5.41) is 3.21. The van der Waals surface area contributed by atoms with Crippen molar-refractivity contribution in [2.45, 2.75) is 32.8 Å². The minimum atomic E-state index is -4.33. The average Bonchev–Trinajstić information content (AvgIpc) is 3.49. The zero-order valence-corrected chi connectivity index (χ0v) is 22.6. The third-order valence-electron chi connectivity index (χ3n) is 5.12. The first-order valence-corrected chi connectivity index (χ1v) is 12.9. The molecule has 2 heterocycles. The third-order valence-corrected chi connectivity index (χ3v) is 6.23. The lowest BCUT2D eigenvalue weighted by Gasteiger charge is -2.15. The number of hydrogen-bond acceptors (Lipinski definition) is 12. The van der Waals surface area contributed by atoms with Crippen LogP contribution in [0.4, 0.5) is 0 Å². The lowest BCUT2D eigenvalue weighted by atomic mass is 10.1. The molecule has 0 fully saturated rings. The van der Waals surface area contributed by atoms with Gasteiger partial charge in [-0.1, -0.05) is 0 Å². The molecule has 0 aliphatic carbocycles. The van der Waals surface area contributed by atoms with Crippen LogP contribution in [0.3, 0.4) is 0 Å². The van der Waals surface area contributed by atoms with Gasteiger partial charge in [0.2, 0.25) is 18.7 Å². The predicted molar refractivity (Wildman–Crippen MR) is 136 cm³/mol. The van der Waals surface area contributed by atoms with E-state index in [0.29, 0.717) is 5.69 Å². The summed E-state index contributed by atoms with van der Waals surface area (Å²) in [6.45, 7) is 4.52. The van der Waals surface area contributed by atoms with Crippen molar-refractivity contribution in [1.29, 1.82) is 0 Å². The molecule has 0 saturated carbocycles. The Morgan fingerprint density at radius 3 is 2.23 bits per heavy atom. The summed E-state index contributed by atoms with van der Waals surface area (Å²) in [6, 6.07) is 10.3. The first-order chi connectivity index (χ1) is 18.9. The molecule has 0 bridgehead atoms. The van der Waals surface area contributed by atoms with Crippen molar-refractivity contribution < 1.29 is 50.4 Å². The molecule has 3 rings (SSSR count). The van der Waals surface area contributed by atoms with Crippen molar-refractivity contribution in [2.24, 2.45) is 5.10 Å².